The van der Waals surface area contributed by atoms with Crippen LogP contribution in [0.25, 0.3) is 16.8 Å². The number of rotatable bonds is 6. The number of amides is 1. The van der Waals surface area contributed by atoms with Crippen molar-refractivity contribution >= 4 is 28.0 Å². The molecule has 34 heavy (non-hydrogen) atoms. The molecule has 1 atom stereocenters. The number of carboxylic acid groups (broad SMARTS) is 1. The lowest BCUT2D eigenvalue weighted by Gasteiger charge is -2.17. The van der Waals surface area contributed by atoms with Crippen molar-refractivity contribution < 1.29 is 19.4 Å². The Labute approximate surface area is 204 Å². The summed E-state index contributed by atoms with van der Waals surface area (Å²) in [5.41, 5.74) is 5.51. The van der Waals surface area contributed by atoms with Gasteiger partial charge >= 0.3 is 12.1 Å². The van der Waals surface area contributed by atoms with Crippen LogP contribution in [-0.4, -0.2) is 33.6 Å². The number of aromatic nitrogens is 2. The molecule has 2 N–H and O–H groups in total. The summed E-state index contributed by atoms with van der Waals surface area (Å²) in [7, 11) is 0. The number of carbonyl (C=O) groups is 2. The Hall–Kier alpha value is -3.91. The third-order valence-corrected chi connectivity index (χ3v) is 6.41. The molecule has 1 unspecified atom stereocenters. The number of hydrogen-bond donors (Lipinski definition) is 2. The van der Waals surface area contributed by atoms with Crippen LogP contribution in [0.3, 0.4) is 0 Å². The van der Waals surface area contributed by atoms with Gasteiger partial charge in [0.15, 0.2) is 6.04 Å². The van der Waals surface area contributed by atoms with Gasteiger partial charge in [-0.2, -0.15) is 5.10 Å². The maximum Gasteiger partial charge on any atom is 0.408 e. The molecule has 1 aromatic heterocycles. The lowest BCUT2D eigenvalue weighted by Crippen LogP contribution is -2.34. The molecular weight excluding hydrogens is 498 g/mol. The van der Waals surface area contributed by atoms with Crippen molar-refractivity contribution in [2.24, 2.45) is 0 Å². The van der Waals surface area contributed by atoms with Crippen molar-refractivity contribution in [3.05, 3.63) is 106 Å². The second-order valence-corrected chi connectivity index (χ2v) is 8.85. The minimum Gasteiger partial charge on any atom is -0.479 e. The summed E-state index contributed by atoms with van der Waals surface area (Å²) in [6.07, 6.45) is 2.20. The fourth-order valence-corrected chi connectivity index (χ4v) is 4.53. The van der Waals surface area contributed by atoms with E-state index in [1.54, 1.807) is 10.9 Å². The number of fused-ring (bicyclic) bond motifs is 3. The molecule has 170 valence electrons. The van der Waals surface area contributed by atoms with Crippen LogP contribution in [0.1, 0.15) is 28.7 Å². The number of hydrogen-bond acceptors (Lipinski definition) is 4. The van der Waals surface area contributed by atoms with Gasteiger partial charge in [0.2, 0.25) is 0 Å². The van der Waals surface area contributed by atoms with E-state index in [9.17, 15) is 14.7 Å². The van der Waals surface area contributed by atoms with Crippen LogP contribution >= 0.6 is 15.9 Å². The first-order valence-electron chi connectivity index (χ1n) is 10.7. The van der Waals surface area contributed by atoms with Crippen molar-refractivity contribution in [2.75, 3.05) is 6.61 Å². The minimum atomic E-state index is -1.29. The van der Waals surface area contributed by atoms with Crippen LogP contribution < -0.4 is 5.32 Å². The lowest BCUT2D eigenvalue weighted by atomic mass is 9.98. The van der Waals surface area contributed by atoms with Crippen molar-refractivity contribution in [3.63, 3.8) is 0 Å². The van der Waals surface area contributed by atoms with Gasteiger partial charge in [-0.3, -0.25) is 0 Å². The quantitative estimate of drug-likeness (QED) is 0.362. The normalized spacial score (nSPS) is 13.1. The molecule has 8 heteroatoms. The molecule has 0 aliphatic heterocycles. The smallest absolute Gasteiger partial charge is 0.408 e. The molecule has 1 aliphatic carbocycles. The van der Waals surface area contributed by atoms with E-state index < -0.39 is 18.1 Å². The van der Waals surface area contributed by atoms with E-state index >= 15 is 0 Å². The fraction of sp³-hybridized carbons (Fsp3) is 0.115. The van der Waals surface area contributed by atoms with E-state index in [-0.39, 0.29) is 12.5 Å². The maximum absolute atomic E-state index is 12.6. The summed E-state index contributed by atoms with van der Waals surface area (Å²) >= 11 is 3.38. The number of aliphatic carboxylic acids is 1. The third-order valence-electron chi connectivity index (χ3n) is 5.88. The van der Waals surface area contributed by atoms with Crippen LogP contribution in [0.5, 0.6) is 0 Å². The van der Waals surface area contributed by atoms with E-state index in [1.165, 1.54) is 6.20 Å². The van der Waals surface area contributed by atoms with E-state index in [1.807, 2.05) is 60.7 Å². The van der Waals surface area contributed by atoms with Crippen LogP contribution in [0.4, 0.5) is 4.79 Å². The Morgan fingerprint density at radius 1 is 1.00 bits per heavy atom. The minimum absolute atomic E-state index is 0.102. The Bertz CT molecular complexity index is 1320. The second-order valence-electron chi connectivity index (χ2n) is 7.94. The molecule has 1 amide bonds. The lowest BCUT2D eigenvalue weighted by molar-refractivity contribution is -0.139. The number of halogens is 1. The number of carbonyl (C=O) groups excluding carboxylic acids is 1. The van der Waals surface area contributed by atoms with Crippen LogP contribution in [0.15, 0.2) is 89.7 Å². The van der Waals surface area contributed by atoms with E-state index in [0.29, 0.717) is 5.56 Å². The summed E-state index contributed by atoms with van der Waals surface area (Å²) in [5.74, 6) is -1.31. The highest BCUT2D eigenvalue weighted by Gasteiger charge is 2.30. The van der Waals surface area contributed by atoms with Crippen molar-refractivity contribution in [1.29, 1.82) is 0 Å². The van der Waals surface area contributed by atoms with E-state index in [4.69, 9.17) is 4.74 Å². The molecule has 3 aromatic carbocycles. The van der Waals surface area contributed by atoms with Gasteiger partial charge in [-0.1, -0.05) is 64.5 Å². The molecule has 0 radical (unpaired) electrons. The van der Waals surface area contributed by atoms with Gasteiger partial charge in [0, 0.05) is 22.2 Å². The van der Waals surface area contributed by atoms with E-state index in [0.717, 1.165) is 32.4 Å². The van der Waals surface area contributed by atoms with Crippen LogP contribution in [0.2, 0.25) is 0 Å². The molecule has 1 aliphatic rings. The third kappa shape index (κ3) is 4.20. The summed E-state index contributed by atoms with van der Waals surface area (Å²) in [6, 6.07) is 22.2. The summed E-state index contributed by atoms with van der Waals surface area (Å²) in [6.45, 7) is 0.102. The number of alkyl carbamates (subject to hydrolysis) is 1. The van der Waals surface area contributed by atoms with Crippen molar-refractivity contribution in [2.45, 2.75) is 12.0 Å². The second kappa shape index (κ2) is 9.15. The molecular formula is C26H20BrN3O4. The Morgan fingerprint density at radius 3 is 2.24 bits per heavy atom. The first kappa shape index (κ1) is 21.9. The Morgan fingerprint density at radius 2 is 1.62 bits per heavy atom. The Balaban J connectivity index is 1.29. The molecule has 7 nitrogen and oxygen atoms in total. The predicted octanol–water partition coefficient (Wildman–Crippen LogP) is 5.30. The first-order valence-corrected chi connectivity index (χ1v) is 11.5. The summed E-state index contributed by atoms with van der Waals surface area (Å²) in [5, 5.41) is 16.4. The van der Waals surface area contributed by atoms with Gasteiger partial charge in [-0.05, 0) is 46.5 Å². The number of ether oxygens (including phenoxy) is 1. The topological polar surface area (TPSA) is 93.5 Å². The zero-order valence-electron chi connectivity index (χ0n) is 17.9. The van der Waals surface area contributed by atoms with Crippen molar-refractivity contribution in [3.8, 4) is 16.8 Å². The zero-order chi connectivity index (χ0) is 23.7. The fourth-order valence-electron chi connectivity index (χ4n) is 4.27. The van der Waals surface area contributed by atoms with Gasteiger partial charge in [-0.25, -0.2) is 14.3 Å². The molecule has 0 spiro atoms. The monoisotopic (exact) mass is 517 g/mol. The zero-order valence-corrected chi connectivity index (χ0v) is 19.5. The number of benzene rings is 3. The first-order chi connectivity index (χ1) is 16.5. The number of carboxylic acids is 1. The van der Waals surface area contributed by atoms with Crippen LogP contribution in [0, 0.1) is 0 Å². The largest absolute Gasteiger partial charge is 0.479 e. The highest BCUT2D eigenvalue weighted by Crippen LogP contribution is 2.44. The summed E-state index contributed by atoms with van der Waals surface area (Å²) in [4.78, 5) is 24.5. The highest BCUT2D eigenvalue weighted by atomic mass is 79.9. The SMILES string of the molecule is O=C(NC(C(=O)O)c1cnn(-c2ccc(Br)cc2)c1)OCC1c2ccccc2-c2ccccc21. The maximum atomic E-state index is 12.6. The Kier molecular flexibility index (Phi) is 5.90. The number of nitrogens with one attached hydrogen (secondary N) is 1. The molecule has 1 heterocycles. The standard InChI is InChI=1S/C26H20BrN3O4/c27-17-9-11-18(12-10-17)30-14-16(13-28-30)24(25(31)32)29-26(33)34-15-23-21-7-3-1-5-19(21)20-6-2-4-8-22(20)23/h1-14,23-24H,15H2,(H,29,33)(H,31,32). The molecule has 0 saturated carbocycles. The summed E-state index contributed by atoms with van der Waals surface area (Å²) < 4.78 is 7.97. The average Bonchev–Trinajstić information content (AvgIpc) is 3.45. The van der Waals surface area contributed by atoms with Gasteiger partial charge in [0.05, 0.1) is 11.9 Å². The molecule has 5 rings (SSSR count). The van der Waals surface area contributed by atoms with Gasteiger partial charge in [0.25, 0.3) is 0 Å². The number of nitrogens with zero attached hydrogens (tertiary/aromatic N) is 2. The molecule has 0 fully saturated rings. The van der Waals surface area contributed by atoms with Crippen LogP contribution in [-0.2, 0) is 9.53 Å². The molecule has 0 saturated heterocycles. The van der Waals surface area contributed by atoms with Gasteiger partial charge in [0.1, 0.15) is 6.61 Å². The average molecular weight is 518 g/mol. The van der Waals surface area contributed by atoms with Gasteiger partial charge < -0.3 is 15.2 Å². The highest BCUT2D eigenvalue weighted by molar-refractivity contribution is 9.10. The van der Waals surface area contributed by atoms with Crippen molar-refractivity contribution in [1.82, 2.24) is 15.1 Å². The predicted molar refractivity (Wildman–Crippen MR) is 130 cm³/mol. The molecule has 0 bridgehead atoms. The molecule has 4 aromatic rings. The van der Waals surface area contributed by atoms with Gasteiger partial charge in [-0.15, -0.1) is 0 Å². The van der Waals surface area contributed by atoms with E-state index in [2.05, 4.69) is 38.5 Å².